The number of nitrogens with zero attached hydrogens (tertiary/aromatic N) is 19. The highest BCUT2D eigenvalue weighted by Crippen LogP contribution is 2.14. The van der Waals surface area contributed by atoms with Crippen molar-refractivity contribution < 1.29 is 0 Å². The van der Waals surface area contributed by atoms with E-state index in [2.05, 4.69) is 116 Å². The number of unbranched alkanes of at least 4 members (excludes halogenated alkanes) is 1. The Morgan fingerprint density at radius 3 is 1.22 bits per heavy atom. The summed E-state index contributed by atoms with van der Waals surface area (Å²) in [6.45, 7) is 8.74. The molecule has 0 saturated carbocycles. The van der Waals surface area contributed by atoms with Gasteiger partial charge in [0.1, 0.15) is 0 Å². The summed E-state index contributed by atoms with van der Waals surface area (Å²) in [6.07, 6.45) is 3.33. The molecule has 64 heavy (non-hydrogen) atoms. The number of nitrogens with one attached hydrogen (secondary N) is 8. The van der Waals surface area contributed by atoms with E-state index in [0.29, 0.717) is 41.6 Å². The third-order valence-electron chi connectivity index (χ3n) is 7.58. The number of hydrogen-bond acceptors (Lipinski definition) is 24. The van der Waals surface area contributed by atoms with Crippen LogP contribution >= 0.6 is 0 Å². The van der Waals surface area contributed by atoms with Crippen molar-refractivity contribution in [2.45, 2.75) is 40.0 Å². The second-order valence-corrected chi connectivity index (χ2v) is 14.3. The van der Waals surface area contributed by atoms with Crippen LogP contribution in [-0.2, 0) is 14.1 Å². The van der Waals surface area contributed by atoms with Gasteiger partial charge in [0.25, 0.3) is 0 Å². The van der Waals surface area contributed by atoms with Gasteiger partial charge >= 0.3 is 0 Å². The normalized spacial score (nSPS) is 9.81. The Morgan fingerprint density at radius 1 is 0.500 bits per heavy atom. The van der Waals surface area contributed by atoms with Crippen LogP contribution in [0.15, 0.2) is 0 Å². The SMILES string of the molecule is CCCCNc1n[nH]c(N)n1.CCCNc1n[nH]c(N)n1.CCNc1n[nH]c(N)n1.CN(C)c1n[nH]c(N(C)C)n1.CN(C)c1nnc(N(C)C)n1C.CNc1nnc(N(C)C)n1C. The smallest absolute Gasteiger partial charge is 0.245 e. The fraction of sp³-hybridized carbons (Fsp3) is 0.647. The lowest BCUT2D eigenvalue weighted by atomic mass is 10.3. The topological polar surface area (TPSA) is 370 Å². The highest BCUT2D eigenvalue weighted by atomic mass is 15.5. The molecule has 0 aromatic carbocycles. The van der Waals surface area contributed by atoms with Gasteiger partial charge in [-0.3, -0.25) is 9.13 Å². The van der Waals surface area contributed by atoms with Gasteiger partial charge < -0.3 is 63.0 Å². The molecule has 6 aromatic rings. The van der Waals surface area contributed by atoms with Crippen molar-refractivity contribution >= 4 is 71.4 Å². The van der Waals surface area contributed by atoms with Crippen molar-refractivity contribution in [3.63, 3.8) is 0 Å². The zero-order valence-electron chi connectivity index (χ0n) is 40.5. The summed E-state index contributed by atoms with van der Waals surface area (Å²) in [5.41, 5.74) is 15.8. The van der Waals surface area contributed by atoms with Crippen molar-refractivity contribution in [1.82, 2.24) is 90.3 Å². The number of aromatic amines is 4. The van der Waals surface area contributed by atoms with Gasteiger partial charge in [0.05, 0.1) is 0 Å². The van der Waals surface area contributed by atoms with Gasteiger partial charge in [-0.1, -0.05) is 20.3 Å². The standard InChI is InChI=1S/C7H15N5.3C6H13N5.C5H11N5.C4H9N5/c1-10(2)6-8-9-7(11(3)4)12(6)5;1-10(2)5-7-6(9-8-5)11(3)4;1-7-5-8-9-6(10(2)3)11(5)4;1-2-3-4-8-6-9-5(7)10-11-6;1-2-3-7-5-8-4(6)9-10-5;1-2-6-4-7-3(5)8-9-4/h1-5H3;1-4H3,(H,7,8,9);1-4H3,(H,7,8);2-4H2,1H3,(H4,7,8,9,10,11);2-3H2,1H3,(H4,6,7,8,9,10);2H2,1H3,(H4,5,6,7,8,9). The first kappa shape index (κ1) is 54.5. The Morgan fingerprint density at radius 2 is 0.938 bits per heavy atom. The average Bonchev–Trinajstić information content (AvgIpc) is 4.11. The van der Waals surface area contributed by atoms with Crippen LogP contribution in [0.25, 0.3) is 0 Å². The van der Waals surface area contributed by atoms with E-state index >= 15 is 0 Å². The maximum Gasteiger partial charge on any atom is 0.245 e. The van der Waals surface area contributed by atoms with Gasteiger partial charge in [0, 0.05) is 111 Å². The summed E-state index contributed by atoms with van der Waals surface area (Å²) >= 11 is 0. The highest BCUT2D eigenvalue weighted by molar-refractivity contribution is 5.39. The van der Waals surface area contributed by atoms with E-state index in [4.69, 9.17) is 17.2 Å². The monoisotopic (exact) mass is 903 g/mol. The Kier molecular flexibility index (Phi) is 24.6. The van der Waals surface area contributed by atoms with Crippen LogP contribution in [0.5, 0.6) is 0 Å². The fourth-order valence-electron chi connectivity index (χ4n) is 4.50. The first-order valence-corrected chi connectivity index (χ1v) is 20.3. The van der Waals surface area contributed by atoms with Crippen LogP contribution in [0.2, 0.25) is 0 Å². The zero-order chi connectivity index (χ0) is 48.4. The molecule has 360 valence electrons. The number of H-pyrrole nitrogens is 4. The molecular formula is C34H74N30. The number of nitrogen functional groups attached to an aromatic ring is 3. The molecule has 6 heterocycles. The molecule has 0 spiro atoms. The quantitative estimate of drug-likeness (QED) is 0.0622. The Labute approximate surface area is 375 Å². The van der Waals surface area contributed by atoms with Crippen LogP contribution in [-0.4, -0.2) is 187 Å². The molecule has 0 aliphatic heterocycles. The molecular weight excluding hydrogens is 829 g/mol. The number of anilines is 12. The van der Waals surface area contributed by atoms with Gasteiger partial charge in [-0.05, 0) is 19.8 Å². The largest absolute Gasteiger partial charge is 0.368 e. The van der Waals surface area contributed by atoms with Crippen molar-refractivity contribution in [1.29, 1.82) is 0 Å². The van der Waals surface area contributed by atoms with E-state index in [1.165, 1.54) is 0 Å². The minimum absolute atomic E-state index is 0.339. The fourth-order valence-corrected chi connectivity index (χ4v) is 4.50. The maximum absolute atomic E-state index is 5.31. The van der Waals surface area contributed by atoms with Crippen LogP contribution in [0.3, 0.4) is 0 Å². The molecule has 0 amide bonds. The first-order chi connectivity index (χ1) is 30.3. The van der Waals surface area contributed by atoms with Gasteiger partial charge in [-0.15, -0.1) is 40.8 Å². The number of hydrogen-bond donors (Lipinski definition) is 11. The Balaban J connectivity index is 0.000000385. The van der Waals surface area contributed by atoms with Crippen LogP contribution in [0, 0.1) is 0 Å². The number of nitrogens with two attached hydrogens (primary N) is 3. The Bertz CT molecular complexity index is 2010. The van der Waals surface area contributed by atoms with Crippen molar-refractivity contribution in [3.05, 3.63) is 0 Å². The average molecular weight is 903 g/mol. The highest BCUT2D eigenvalue weighted by Gasteiger charge is 2.11. The lowest BCUT2D eigenvalue weighted by Gasteiger charge is -2.13. The van der Waals surface area contributed by atoms with Crippen LogP contribution in [0.4, 0.5) is 71.4 Å². The molecule has 0 bridgehead atoms. The first-order valence-electron chi connectivity index (χ1n) is 20.3. The lowest BCUT2D eigenvalue weighted by molar-refractivity contribution is 0.827. The molecule has 0 radical (unpaired) electrons. The molecule has 0 unspecified atom stereocenters. The van der Waals surface area contributed by atoms with E-state index in [0.717, 1.165) is 68.6 Å². The number of rotatable bonds is 15. The van der Waals surface area contributed by atoms with Crippen LogP contribution < -0.4 is 63.0 Å². The van der Waals surface area contributed by atoms with E-state index in [9.17, 15) is 0 Å². The molecule has 0 atom stereocenters. The molecule has 0 aliphatic rings. The molecule has 6 aromatic heterocycles. The number of aromatic nitrogens is 18. The molecule has 0 aliphatic carbocycles. The molecule has 30 heteroatoms. The molecule has 0 fully saturated rings. The minimum atomic E-state index is 0.339. The molecule has 14 N–H and O–H groups in total. The lowest BCUT2D eigenvalue weighted by Crippen LogP contribution is -2.17. The summed E-state index contributed by atoms with van der Waals surface area (Å²) in [6, 6.07) is 0. The summed E-state index contributed by atoms with van der Waals surface area (Å²) in [5.74, 6) is 7.54. The van der Waals surface area contributed by atoms with Crippen molar-refractivity contribution in [3.8, 4) is 0 Å². The van der Waals surface area contributed by atoms with E-state index < -0.39 is 0 Å². The zero-order valence-corrected chi connectivity index (χ0v) is 40.5. The van der Waals surface area contributed by atoms with Gasteiger partial charge in [0.2, 0.25) is 71.4 Å². The third kappa shape index (κ3) is 19.9. The van der Waals surface area contributed by atoms with E-state index in [1.54, 1.807) is 0 Å². The predicted octanol–water partition coefficient (Wildman–Crippen LogP) is 0.433. The van der Waals surface area contributed by atoms with Gasteiger partial charge in [0.15, 0.2) is 0 Å². The predicted molar refractivity (Wildman–Crippen MR) is 258 cm³/mol. The summed E-state index contributed by atoms with van der Waals surface area (Å²) in [5, 5.41) is 53.5. The van der Waals surface area contributed by atoms with Crippen molar-refractivity contribution in [2.24, 2.45) is 14.1 Å². The third-order valence-corrected chi connectivity index (χ3v) is 7.58. The minimum Gasteiger partial charge on any atom is -0.368 e. The van der Waals surface area contributed by atoms with E-state index in [-0.39, 0.29) is 0 Å². The Hall–Kier alpha value is -7.56. The van der Waals surface area contributed by atoms with Gasteiger partial charge in [-0.25, -0.2) is 20.4 Å². The van der Waals surface area contributed by atoms with Gasteiger partial charge in [-0.2, -0.15) is 19.9 Å². The van der Waals surface area contributed by atoms with Crippen LogP contribution in [0.1, 0.15) is 40.0 Å². The van der Waals surface area contributed by atoms with Crippen molar-refractivity contribution in [2.75, 3.05) is 160 Å². The summed E-state index contributed by atoms with van der Waals surface area (Å²) in [7, 11) is 25.0. The second kappa shape index (κ2) is 28.9. The molecule has 6 rings (SSSR count). The molecule has 0 saturated heterocycles. The van der Waals surface area contributed by atoms with E-state index in [1.807, 2.05) is 132 Å². The molecule has 30 nitrogen and oxygen atoms in total. The summed E-state index contributed by atoms with van der Waals surface area (Å²) < 4.78 is 3.83. The maximum atomic E-state index is 5.31. The summed E-state index contributed by atoms with van der Waals surface area (Å²) in [4.78, 5) is 25.2. The second-order valence-electron chi connectivity index (χ2n) is 14.3.